The quantitative estimate of drug-likeness (QED) is 0.687. The van der Waals surface area contributed by atoms with Crippen molar-refractivity contribution in [2.75, 3.05) is 18.8 Å². The summed E-state index contributed by atoms with van der Waals surface area (Å²) in [7, 11) is -3.61. The van der Waals surface area contributed by atoms with E-state index < -0.39 is 16.1 Å². The number of sulfonamides is 1. The van der Waals surface area contributed by atoms with Crippen LogP contribution in [0, 0.1) is 0 Å². The van der Waals surface area contributed by atoms with Gasteiger partial charge in [-0.3, -0.25) is 0 Å². The number of aliphatic hydroxyl groups is 1. The molecule has 9 heteroatoms. The van der Waals surface area contributed by atoms with E-state index in [0.29, 0.717) is 13.0 Å². The van der Waals surface area contributed by atoms with Gasteiger partial charge in [-0.05, 0) is 6.42 Å². The molecule has 1 unspecified atom stereocenters. The zero-order valence-electron chi connectivity index (χ0n) is 7.70. The maximum atomic E-state index is 11.9. The molecule has 0 saturated carbocycles. The molecule has 15 heavy (non-hydrogen) atoms. The second-order valence-electron chi connectivity index (χ2n) is 3.21. The van der Waals surface area contributed by atoms with Gasteiger partial charge in [-0.2, -0.15) is 4.31 Å². The Kier molecular flexibility index (Phi) is 2.63. The predicted molar refractivity (Wildman–Crippen MR) is 53.7 cm³/mol. The van der Waals surface area contributed by atoms with Gasteiger partial charge < -0.3 is 10.8 Å². The average molecular weight is 250 g/mol. The van der Waals surface area contributed by atoms with Crippen molar-refractivity contribution in [2.45, 2.75) is 16.9 Å². The van der Waals surface area contributed by atoms with Crippen LogP contribution in [0.15, 0.2) is 4.34 Å². The van der Waals surface area contributed by atoms with Gasteiger partial charge in [0.2, 0.25) is 9.47 Å². The molecule has 2 rings (SSSR count). The number of hydrogen-bond donors (Lipinski definition) is 2. The van der Waals surface area contributed by atoms with Crippen molar-refractivity contribution in [1.29, 1.82) is 0 Å². The molecule has 0 radical (unpaired) electrons. The molecular formula is C6H10N4O3S2. The van der Waals surface area contributed by atoms with Gasteiger partial charge in [0.25, 0.3) is 10.0 Å². The molecule has 0 aromatic carbocycles. The molecule has 1 aromatic rings. The number of aromatic nitrogens is 2. The van der Waals surface area contributed by atoms with E-state index in [4.69, 9.17) is 5.73 Å². The van der Waals surface area contributed by atoms with Crippen LogP contribution < -0.4 is 5.73 Å². The molecule has 1 fully saturated rings. The van der Waals surface area contributed by atoms with Crippen LogP contribution >= 0.6 is 11.3 Å². The molecule has 1 atom stereocenters. The Hall–Kier alpha value is -0.770. The lowest BCUT2D eigenvalue weighted by Gasteiger charge is -2.12. The lowest BCUT2D eigenvalue weighted by molar-refractivity contribution is 0.189. The number of rotatable bonds is 2. The van der Waals surface area contributed by atoms with Crippen LogP contribution in [0.5, 0.6) is 0 Å². The van der Waals surface area contributed by atoms with Gasteiger partial charge in [0.15, 0.2) is 0 Å². The third-order valence-electron chi connectivity index (χ3n) is 2.11. The summed E-state index contributed by atoms with van der Waals surface area (Å²) in [5.74, 6) is 0. The number of nitrogen functional groups attached to an aromatic ring is 1. The Labute approximate surface area is 90.6 Å². The van der Waals surface area contributed by atoms with Gasteiger partial charge >= 0.3 is 0 Å². The first-order valence-corrected chi connectivity index (χ1v) is 6.53. The molecule has 2 heterocycles. The highest BCUT2D eigenvalue weighted by Crippen LogP contribution is 2.24. The van der Waals surface area contributed by atoms with Crippen molar-refractivity contribution in [3.63, 3.8) is 0 Å². The minimum atomic E-state index is -3.61. The lowest BCUT2D eigenvalue weighted by Crippen LogP contribution is -2.29. The molecule has 0 amide bonds. The lowest BCUT2D eigenvalue weighted by atomic mass is 10.3. The first-order valence-electron chi connectivity index (χ1n) is 4.27. The molecule has 84 valence electrons. The highest BCUT2D eigenvalue weighted by molar-refractivity contribution is 7.91. The SMILES string of the molecule is Nc1nnc(S(=O)(=O)N2CCC(O)C2)s1. The van der Waals surface area contributed by atoms with E-state index in [0.717, 1.165) is 11.3 Å². The predicted octanol–water partition coefficient (Wildman–Crippen LogP) is -1.12. The number of β-amino-alcohol motifs (C(OH)–C–C–N with tert-alkyl or cyclic N) is 1. The first kappa shape index (κ1) is 10.7. The van der Waals surface area contributed by atoms with Gasteiger partial charge in [0.05, 0.1) is 6.10 Å². The summed E-state index contributed by atoms with van der Waals surface area (Å²) in [6, 6.07) is 0. The van der Waals surface area contributed by atoms with Crippen molar-refractivity contribution >= 4 is 26.5 Å². The number of nitrogens with two attached hydrogens (primary N) is 1. The smallest absolute Gasteiger partial charge is 0.272 e. The van der Waals surface area contributed by atoms with Crippen LogP contribution in [0.2, 0.25) is 0 Å². The maximum Gasteiger partial charge on any atom is 0.272 e. The minimum absolute atomic E-state index is 0.113. The van der Waals surface area contributed by atoms with Gasteiger partial charge in [-0.15, -0.1) is 10.2 Å². The van der Waals surface area contributed by atoms with E-state index in [1.54, 1.807) is 0 Å². The van der Waals surface area contributed by atoms with Crippen LogP contribution in [0.25, 0.3) is 0 Å². The Morgan fingerprint density at radius 3 is 2.73 bits per heavy atom. The van der Waals surface area contributed by atoms with Gasteiger partial charge in [0.1, 0.15) is 0 Å². The number of hydrogen-bond acceptors (Lipinski definition) is 7. The normalized spacial score (nSPS) is 23.4. The van der Waals surface area contributed by atoms with E-state index in [1.807, 2.05) is 0 Å². The molecule has 1 aliphatic heterocycles. The van der Waals surface area contributed by atoms with E-state index in [2.05, 4.69) is 10.2 Å². The fraction of sp³-hybridized carbons (Fsp3) is 0.667. The van der Waals surface area contributed by atoms with Crippen LogP contribution in [0.4, 0.5) is 5.13 Å². The fourth-order valence-electron chi connectivity index (χ4n) is 1.36. The zero-order valence-corrected chi connectivity index (χ0v) is 9.33. The summed E-state index contributed by atoms with van der Waals surface area (Å²) in [5, 5.41) is 16.3. The summed E-state index contributed by atoms with van der Waals surface area (Å²) in [4.78, 5) is 0. The van der Waals surface area contributed by atoms with Crippen molar-refractivity contribution in [3.8, 4) is 0 Å². The summed E-state index contributed by atoms with van der Waals surface area (Å²) < 4.78 is 24.8. The standard InChI is InChI=1S/C6H10N4O3S2/c7-5-8-9-6(14-5)15(12,13)10-2-1-4(11)3-10/h4,11H,1-3H2,(H2,7,8). The molecular weight excluding hydrogens is 240 g/mol. The average Bonchev–Trinajstić information content (AvgIpc) is 2.74. The molecule has 3 N–H and O–H groups in total. The monoisotopic (exact) mass is 250 g/mol. The van der Waals surface area contributed by atoms with Crippen molar-refractivity contribution in [3.05, 3.63) is 0 Å². The summed E-state index contributed by atoms with van der Waals surface area (Å²) in [6.07, 6.45) is -0.141. The second-order valence-corrected chi connectivity index (χ2v) is 6.33. The largest absolute Gasteiger partial charge is 0.392 e. The molecule has 1 saturated heterocycles. The van der Waals surface area contributed by atoms with Crippen LogP contribution in [0.1, 0.15) is 6.42 Å². The number of aliphatic hydroxyl groups excluding tert-OH is 1. The Bertz CT molecular complexity index is 457. The molecule has 0 aliphatic carbocycles. The molecule has 0 spiro atoms. The molecule has 1 aromatic heterocycles. The fourth-order valence-corrected chi connectivity index (χ4v) is 3.78. The van der Waals surface area contributed by atoms with Crippen LogP contribution in [0.3, 0.4) is 0 Å². The Balaban J connectivity index is 2.27. The highest BCUT2D eigenvalue weighted by atomic mass is 32.2. The van der Waals surface area contributed by atoms with Crippen molar-refractivity contribution < 1.29 is 13.5 Å². The van der Waals surface area contributed by atoms with E-state index >= 15 is 0 Å². The third kappa shape index (κ3) is 1.95. The minimum Gasteiger partial charge on any atom is -0.392 e. The van der Waals surface area contributed by atoms with Crippen molar-refractivity contribution in [2.24, 2.45) is 0 Å². The summed E-state index contributed by atoms with van der Waals surface area (Å²) in [6.45, 7) is 0.421. The Morgan fingerprint density at radius 2 is 2.27 bits per heavy atom. The van der Waals surface area contributed by atoms with Crippen LogP contribution in [-0.4, -0.2) is 47.2 Å². The van der Waals surface area contributed by atoms with Crippen LogP contribution in [-0.2, 0) is 10.0 Å². The van der Waals surface area contributed by atoms with Gasteiger partial charge in [-0.25, -0.2) is 8.42 Å². The molecule has 1 aliphatic rings. The van der Waals surface area contributed by atoms with Crippen molar-refractivity contribution in [1.82, 2.24) is 14.5 Å². The first-order chi connectivity index (χ1) is 7.00. The zero-order chi connectivity index (χ0) is 11.1. The third-order valence-corrected chi connectivity index (χ3v) is 5.07. The van der Waals surface area contributed by atoms with Gasteiger partial charge in [-0.1, -0.05) is 11.3 Å². The Morgan fingerprint density at radius 1 is 1.53 bits per heavy atom. The summed E-state index contributed by atoms with van der Waals surface area (Å²) in [5.41, 5.74) is 5.31. The molecule has 7 nitrogen and oxygen atoms in total. The second kappa shape index (κ2) is 3.67. The molecule has 0 bridgehead atoms. The topological polar surface area (TPSA) is 109 Å². The van der Waals surface area contributed by atoms with E-state index in [9.17, 15) is 13.5 Å². The number of anilines is 1. The summed E-state index contributed by atoms with van der Waals surface area (Å²) >= 11 is 0.827. The highest BCUT2D eigenvalue weighted by Gasteiger charge is 2.33. The van der Waals surface area contributed by atoms with E-state index in [-0.39, 0.29) is 16.0 Å². The van der Waals surface area contributed by atoms with E-state index in [1.165, 1.54) is 4.31 Å². The maximum absolute atomic E-state index is 11.9. The van der Waals surface area contributed by atoms with Gasteiger partial charge in [0, 0.05) is 13.1 Å². The number of nitrogens with zero attached hydrogens (tertiary/aromatic N) is 3.